The number of ether oxygens (including phenoxy) is 2. The molecule has 2 heterocycles. The molecule has 1 fully saturated rings. The average molecular weight is 524 g/mol. The summed E-state index contributed by atoms with van der Waals surface area (Å²) in [5.41, 5.74) is -2.13. The van der Waals surface area contributed by atoms with E-state index in [1.165, 1.54) is 35.6 Å². The zero-order chi connectivity index (χ0) is 26.6. The fourth-order valence-corrected chi connectivity index (χ4v) is 5.90. The van der Waals surface area contributed by atoms with Crippen LogP contribution in [0.15, 0.2) is 35.8 Å². The van der Waals surface area contributed by atoms with Gasteiger partial charge in [-0.2, -0.15) is 18.4 Å². The van der Waals surface area contributed by atoms with Crippen molar-refractivity contribution in [2.24, 2.45) is 5.41 Å². The number of amides is 1. The smallest absolute Gasteiger partial charge is 0.430 e. The van der Waals surface area contributed by atoms with Crippen LogP contribution in [0.4, 0.5) is 13.2 Å². The summed E-state index contributed by atoms with van der Waals surface area (Å²) >= 11 is 1.30. The van der Waals surface area contributed by atoms with E-state index in [2.05, 4.69) is 11.1 Å². The van der Waals surface area contributed by atoms with Crippen LogP contribution in [-0.4, -0.2) is 54.7 Å². The standard InChI is InChI=1S/C25H28F3N3O4S/c1-4-35-20(32)14-23(19(15-29)21-17(2)30-16-36-21)10-12-31(13-11-23)22(33)24(34-3,25(26,27)28)18-8-6-5-7-9-18/h5-9,16,19H,4,10-14H2,1-3H3/t19-,24-/m1/s1. The number of hydrogen-bond acceptors (Lipinski definition) is 7. The second-order valence-electron chi connectivity index (χ2n) is 8.75. The first-order valence-electron chi connectivity index (χ1n) is 11.5. The number of rotatable bonds is 8. The third-order valence-electron chi connectivity index (χ3n) is 6.82. The van der Waals surface area contributed by atoms with Crippen molar-refractivity contribution in [1.82, 2.24) is 9.88 Å². The van der Waals surface area contributed by atoms with E-state index in [0.29, 0.717) is 10.6 Å². The predicted octanol–water partition coefficient (Wildman–Crippen LogP) is 4.72. The molecule has 1 aliphatic heterocycles. The molecule has 36 heavy (non-hydrogen) atoms. The molecule has 0 bridgehead atoms. The van der Waals surface area contributed by atoms with E-state index in [4.69, 9.17) is 9.47 Å². The molecule has 0 N–H and O–H groups in total. The quantitative estimate of drug-likeness (QED) is 0.465. The highest BCUT2D eigenvalue weighted by atomic mass is 32.1. The molecule has 1 aromatic carbocycles. The topological polar surface area (TPSA) is 92.5 Å². The van der Waals surface area contributed by atoms with Gasteiger partial charge in [-0.1, -0.05) is 30.3 Å². The van der Waals surface area contributed by atoms with Crippen LogP contribution >= 0.6 is 11.3 Å². The number of hydrogen-bond donors (Lipinski definition) is 0. The number of alkyl halides is 3. The van der Waals surface area contributed by atoms with Gasteiger partial charge in [-0.05, 0) is 26.7 Å². The molecule has 2 atom stereocenters. The molecule has 0 spiro atoms. The van der Waals surface area contributed by atoms with Gasteiger partial charge in [0.15, 0.2) is 0 Å². The number of benzene rings is 1. The summed E-state index contributed by atoms with van der Waals surface area (Å²) in [6.45, 7) is 3.44. The molecule has 2 aromatic rings. The number of likely N-dealkylation sites (tertiary alicyclic amines) is 1. The third kappa shape index (κ3) is 4.97. The van der Waals surface area contributed by atoms with Gasteiger partial charge in [0.1, 0.15) is 0 Å². The van der Waals surface area contributed by atoms with Crippen LogP contribution in [-0.2, 0) is 24.7 Å². The lowest BCUT2D eigenvalue weighted by molar-refractivity contribution is -0.271. The van der Waals surface area contributed by atoms with Gasteiger partial charge < -0.3 is 14.4 Å². The molecule has 3 rings (SSSR count). The number of aromatic nitrogens is 1. The number of esters is 1. The zero-order valence-corrected chi connectivity index (χ0v) is 21.1. The van der Waals surface area contributed by atoms with Crippen LogP contribution in [0.2, 0.25) is 0 Å². The SMILES string of the molecule is CCOC(=O)CC1([C@H](C#N)c2scnc2C)CCN(C(=O)[C@](OC)(c2ccccc2)C(F)(F)F)CC1. The fraction of sp³-hybridized carbons (Fsp3) is 0.520. The Bertz CT molecular complexity index is 1110. The van der Waals surface area contributed by atoms with Crippen molar-refractivity contribution in [3.8, 4) is 6.07 Å². The molecule has 7 nitrogen and oxygen atoms in total. The Hall–Kier alpha value is -2.97. The highest BCUT2D eigenvalue weighted by molar-refractivity contribution is 7.09. The third-order valence-corrected chi connectivity index (χ3v) is 7.82. The zero-order valence-electron chi connectivity index (χ0n) is 20.3. The van der Waals surface area contributed by atoms with E-state index in [-0.39, 0.29) is 44.5 Å². The Morgan fingerprint density at radius 2 is 1.89 bits per heavy atom. The van der Waals surface area contributed by atoms with Gasteiger partial charge >= 0.3 is 12.1 Å². The molecule has 0 saturated carbocycles. The maximum Gasteiger partial charge on any atom is 0.430 e. The Morgan fingerprint density at radius 1 is 1.25 bits per heavy atom. The van der Waals surface area contributed by atoms with Crippen molar-refractivity contribution in [3.05, 3.63) is 52.0 Å². The van der Waals surface area contributed by atoms with Gasteiger partial charge in [-0.3, -0.25) is 9.59 Å². The summed E-state index contributed by atoms with van der Waals surface area (Å²) in [6.07, 6.45) is -4.83. The number of carbonyl (C=O) groups excluding carboxylic acids is 2. The van der Waals surface area contributed by atoms with Gasteiger partial charge in [0.25, 0.3) is 11.5 Å². The molecule has 0 radical (unpaired) electrons. The van der Waals surface area contributed by atoms with Gasteiger partial charge in [-0.25, -0.2) is 4.98 Å². The number of halogens is 3. The lowest BCUT2D eigenvalue weighted by atomic mass is 9.66. The minimum absolute atomic E-state index is 0.0811. The Labute approximate surface area is 211 Å². The van der Waals surface area contributed by atoms with Gasteiger partial charge in [-0.15, -0.1) is 11.3 Å². The van der Waals surface area contributed by atoms with Crippen molar-refractivity contribution in [1.29, 1.82) is 5.26 Å². The highest BCUT2D eigenvalue weighted by Gasteiger charge is 2.64. The van der Waals surface area contributed by atoms with Crippen LogP contribution in [0.5, 0.6) is 0 Å². The maximum atomic E-state index is 14.4. The van der Waals surface area contributed by atoms with E-state index in [9.17, 15) is 28.0 Å². The van der Waals surface area contributed by atoms with Crippen LogP contribution in [0.3, 0.4) is 0 Å². The summed E-state index contributed by atoms with van der Waals surface area (Å²) in [4.78, 5) is 32.0. The number of piperidine rings is 1. The van der Waals surface area contributed by atoms with Crippen LogP contribution in [0.1, 0.15) is 48.2 Å². The summed E-state index contributed by atoms with van der Waals surface area (Å²) < 4.78 is 53.3. The Balaban J connectivity index is 1.96. The van der Waals surface area contributed by atoms with Crippen molar-refractivity contribution in [2.75, 3.05) is 26.8 Å². The number of aryl methyl sites for hydroxylation is 1. The molecule has 194 valence electrons. The van der Waals surface area contributed by atoms with Gasteiger partial charge in [0, 0.05) is 36.1 Å². The number of nitrogens with zero attached hydrogens (tertiary/aromatic N) is 3. The molecular weight excluding hydrogens is 495 g/mol. The van der Waals surface area contributed by atoms with E-state index >= 15 is 0 Å². The van der Waals surface area contributed by atoms with Crippen LogP contribution in [0.25, 0.3) is 0 Å². The first-order valence-corrected chi connectivity index (χ1v) is 12.4. The Kier molecular flexibility index (Phi) is 8.41. The summed E-state index contributed by atoms with van der Waals surface area (Å²) in [7, 11) is 0.867. The first-order chi connectivity index (χ1) is 17.1. The number of carbonyl (C=O) groups is 2. The molecule has 1 aliphatic rings. The maximum absolute atomic E-state index is 14.4. The normalized spacial score (nSPS) is 18.1. The second-order valence-corrected chi connectivity index (χ2v) is 9.64. The first kappa shape index (κ1) is 27.6. The van der Waals surface area contributed by atoms with E-state index in [0.717, 1.165) is 12.0 Å². The van der Waals surface area contributed by atoms with Gasteiger partial charge in [0.05, 0.1) is 36.2 Å². The molecule has 1 aromatic heterocycles. The summed E-state index contributed by atoms with van der Waals surface area (Å²) in [5.74, 6) is -2.45. The fourth-order valence-electron chi connectivity index (χ4n) is 4.91. The molecule has 11 heteroatoms. The number of methoxy groups -OCH3 is 1. The van der Waals surface area contributed by atoms with Crippen LogP contribution in [0, 0.1) is 23.7 Å². The van der Waals surface area contributed by atoms with Crippen molar-refractivity contribution >= 4 is 23.2 Å². The minimum Gasteiger partial charge on any atom is -0.466 e. The predicted molar refractivity (Wildman–Crippen MR) is 126 cm³/mol. The van der Waals surface area contributed by atoms with Crippen LogP contribution < -0.4 is 0 Å². The lowest BCUT2D eigenvalue weighted by Crippen LogP contribution is -2.59. The second kappa shape index (κ2) is 11.0. The highest BCUT2D eigenvalue weighted by Crippen LogP contribution is 2.50. The van der Waals surface area contributed by atoms with E-state index < -0.39 is 35.0 Å². The minimum atomic E-state index is -5.02. The van der Waals surface area contributed by atoms with Crippen molar-refractivity contribution in [3.63, 3.8) is 0 Å². The molecule has 0 unspecified atom stereocenters. The van der Waals surface area contributed by atoms with E-state index in [1.54, 1.807) is 25.4 Å². The summed E-state index contributed by atoms with van der Waals surface area (Å²) in [5, 5.41) is 10.1. The molecular formula is C25H28F3N3O4S. The monoisotopic (exact) mass is 523 g/mol. The van der Waals surface area contributed by atoms with Crippen molar-refractivity contribution < 1.29 is 32.2 Å². The molecule has 1 saturated heterocycles. The number of nitriles is 1. The van der Waals surface area contributed by atoms with Crippen molar-refractivity contribution in [2.45, 2.75) is 50.8 Å². The molecule has 1 amide bonds. The average Bonchev–Trinajstić information content (AvgIpc) is 3.26. The largest absolute Gasteiger partial charge is 0.466 e. The Morgan fingerprint density at radius 3 is 2.36 bits per heavy atom. The molecule has 0 aliphatic carbocycles. The van der Waals surface area contributed by atoms with Gasteiger partial charge in [0.2, 0.25) is 0 Å². The lowest BCUT2D eigenvalue weighted by Gasteiger charge is -2.46. The number of thiazole rings is 1. The summed E-state index contributed by atoms with van der Waals surface area (Å²) in [6, 6.07) is 9.10. The van der Waals surface area contributed by atoms with E-state index in [1.807, 2.05) is 0 Å².